The number of alkyl halides is 1. The minimum Gasteiger partial charge on any atom is -0.497 e. The zero-order valence-corrected chi connectivity index (χ0v) is 19.6. The molecule has 1 aliphatic heterocycles. The Morgan fingerprint density at radius 3 is 2.54 bits per heavy atom. The Morgan fingerprint density at radius 1 is 1.20 bits per heavy atom. The number of carbonyl (C=O) groups excluding carboxylic acids is 2. The van der Waals surface area contributed by atoms with E-state index in [1.807, 2.05) is 0 Å². The third kappa shape index (κ3) is 5.32. The number of methoxy groups -OCH3 is 1. The number of hydrogen-bond acceptors (Lipinski definition) is 6. The molecular formula is C25H27F2N3O5. The van der Waals surface area contributed by atoms with Gasteiger partial charge in [-0.1, -0.05) is 6.92 Å². The lowest BCUT2D eigenvalue weighted by atomic mass is 9.89. The molecule has 1 aromatic heterocycles. The molecule has 4 rings (SSSR count). The molecule has 8 nitrogen and oxygen atoms in total. The van der Waals surface area contributed by atoms with Crippen LogP contribution in [0.5, 0.6) is 5.75 Å². The minimum atomic E-state index is -1.74. The number of ketones is 1. The van der Waals surface area contributed by atoms with Gasteiger partial charge in [0, 0.05) is 30.5 Å². The van der Waals surface area contributed by atoms with Gasteiger partial charge in [0.2, 0.25) is 5.91 Å². The van der Waals surface area contributed by atoms with E-state index in [0.717, 1.165) is 6.08 Å². The van der Waals surface area contributed by atoms with E-state index in [1.54, 1.807) is 36.3 Å². The van der Waals surface area contributed by atoms with Crippen LogP contribution >= 0.6 is 0 Å². The van der Waals surface area contributed by atoms with Crippen LogP contribution < -0.4 is 10.3 Å². The lowest BCUT2D eigenvalue weighted by Crippen LogP contribution is -2.42. The predicted molar refractivity (Wildman–Crippen MR) is 123 cm³/mol. The third-order valence-corrected chi connectivity index (χ3v) is 6.51. The summed E-state index contributed by atoms with van der Waals surface area (Å²) in [4.78, 5) is 45.6. The van der Waals surface area contributed by atoms with Gasteiger partial charge >= 0.3 is 0 Å². The van der Waals surface area contributed by atoms with E-state index >= 15 is 0 Å². The molecule has 10 heteroatoms. The molecule has 0 spiro atoms. The SMILES string of the molecule is COc1ccc(C(=O)C2CCN(C(=O)COCc3nc4c(c(=O)[nH]3)C=C(F)C(C)C4F)CC2)cc1. The molecule has 1 amide bonds. The molecule has 1 aromatic carbocycles. The first-order chi connectivity index (χ1) is 16.8. The number of halogens is 2. The van der Waals surface area contributed by atoms with E-state index in [-0.39, 0.29) is 47.9 Å². The number of piperidine rings is 1. The van der Waals surface area contributed by atoms with Crippen molar-refractivity contribution in [1.82, 2.24) is 14.9 Å². The normalized spacial score (nSPS) is 20.2. The van der Waals surface area contributed by atoms with Crippen LogP contribution in [0.1, 0.15) is 53.4 Å². The number of nitrogens with one attached hydrogen (secondary N) is 1. The summed E-state index contributed by atoms with van der Waals surface area (Å²) in [6.45, 7) is 1.80. The molecule has 0 radical (unpaired) electrons. The van der Waals surface area contributed by atoms with Crippen molar-refractivity contribution >= 4 is 17.8 Å². The first-order valence-electron chi connectivity index (χ1n) is 11.5. The molecule has 2 unspecified atom stereocenters. The summed E-state index contributed by atoms with van der Waals surface area (Å²) in [6.07, 6.45) is 0.367. The topological polar surface area (TPSA) is 102 Å². The number of amides is 1. The summed E-state index contributed by atoms with van der Waals surface area (Å²) in [5.74, 6) is -1.34. The van der Waals surface area contributed by atoms with Gasteiger partial charge in [0.25, 0.3) is 5.56 Å². The molecule has 2 heterocycles. The van der Waals surface area contributed by atoms with Gasteiger partial charge < -0.3 is 19.4 Å². The monoisotopic (exact) mass is 487 g/mol. The van der Waals surface area contributed by atoms with Gasteiger partial charge in [-0.2, -0.15) is 0 Å². The van der Waals surface area contributed by atoms with E-state index < -0.39 is 23.5 Å². The number of nitrogens with zero attached hydrogens (tertiary/aromatic N) is 2. The van der Waals surface area contributed by atoms with Gasteiger partial charge in [-0.25, -0.2) is 13.8 Å². The van der Waals surface area contributed by atoms with Crippen molar-refractivity contribution in [3.05, 3.63) is 63.1 Å². The lowest BCUT2D eigenvalue weighted by Gasteiger charge is -2.31. The van der Waals surface area contributed by atoms with Crippen molar-refractivity contribution in [2.75, 3.05) is 26.8 Å². The van der Waals surface area contributed by atoms with Crippen LogP contribution in [0.3, 0.4) is 0 Å². The van der Waals surface area contributed by atoms with E-state index in [1.165, 1.54) is 6.92 Å². The van der Waals surface area contributed by atoms with Gasteiger partial charge in [0.1, 0.15) is 30.6 Å². The molecular weight excluding hydrogens is 460 g/mol. The molecule has 2 aliphatic rings. The van der Waals surface area contributed by atoms with Crippen LogP contribution in [0.4, 0.5) is 8.78 Å². The smallest absolute Gasteiger partial charge is 0.258 e. The Morgan fingerprint density at radius 2 is 1.89 bits per heavy atom. The maximum absolute atomic E-state index is 14.5. The standard InChI is InChI=1S/C25H27F2N3O5/c1-14-19(26)11-18-23(22(14)27)28-20(29-25(18)33)12-35-13-21(31)30-9-7-16(8-10-30)24(32)15-3-5-17(34-2)6-4-15/h3-6,11,14,16,22H,7-10,12-13H2,1-2H3,(H,28,29,33). The van der Waals surface area contributed by atoms with Crippen molar-refractivity contribution in [1.29, 1.82) is 0 Å². The fourth-order valence-corrected chi connectivity index (χ4v) is 4.32. The number of carbonyl (C=O) groups is 2. The predicted octanol–water partition coefficient (Wildman–Crippen LogP) is 3.39. The number of rotatable bonds is 7. The second-order valence-corrected chi connectivity index (χ2v) is 8.77. The first kappa shape index (κ1) is 24.7. The average Bonchev–Trinajstić information content (AvgIpc) is 2.88. The lowest BCUT2D eigenvalue weighted by molar-refractivity contribution is -0.137. The number of hydrogen-bond donors (Lipinski definition) is 1. The largest absolute Gasteiger partial charge is 0.497 e. The van der Waals surface area contributed by atoms with Gasteiger partial charge in [-0.05, 0) is 43.2 Å². The molecule has 2 atom stereocenters. The van der Waals surface area contributed by atoms with Crippen molar-refractivity contribution in [2.24, 2.45) is 11.8 Å². The Labute approximate surface area is 201 Å². The number of likely N-dealkylation sites (tertiary alicyclic amines) is 1. The number of fused-ring (bicyclic) bond motifs is 1. The summed E-state index contributed by atoms with van der Waals surface area (Å²) in [5.41, 5.74) is -0.307. The van der Waals surface area contributed by atoms with Crippen LogP contribution in [-0.2, 0) is 16.1 Å². The molecule has 1 saturated heterocycles. The quantitative estimate of drug-likeness (QED) is 0.601. The molecule has 0 bridgehead atoms. The van der Waals surface area contributed by atoms with Gasteiger partial charge in [-0.15, -0.1) is 0 Å². The Kier molecular flexibility index (Phi) is 7.39. The molecule has 35 heavy (non-hydrogen) atoms. The van der Waals surface area contributed by atoms with Crippen molar-refractivity contribution in [3.63, 3.8) is 0 Å². The maximum Gasteiger partial charge on any atom is 0.258 e. The summed E-state index contributed by atoms with van der Waals surface area (Å²) in [5, 5.41) is 0. The Balaban J connectivity index is 1.28. The second kappa shape index (κ2) is 10.5. The van der Waals surface area contributed by atoms with Crippen LogP contribution in [0.15, 0.2) is 34.9 Å². The highest BCUT2D eigenvalue weighted by Gasteiger charge is 2.32. The highest BCUT2D eigenvalue weighted by atomic mass is 19.1. The Bertz CT molecular complexity index is 1190. The summed E-state index contributed by atoms with van der Waals surface area (Å²) in [6, 6.07) is 6.97. The zero-order chi connectivity index (χ0) is 25.1. The van der Waals surface area contributed by atoms with Crippen molar-refractivity contribution in [3.8, 4) is 5.75 Å². The van der Waals surface area contributed by atoms with Crippen LogP contribution in [0.25, 0.3) is 6.08 Å². The van der Waals surface area contributed by atoms with Gasteiger partial charge in [-0.3, -0.25) is 14.4 Å². The van der Waals surface area contributed by atoms with E-state index in [2.05, 4.69) is 9.97 Å². The number of Topliss-reactive ketones (excluding diaryl/α,β-unsaturated/α-hetero) is 1. The average molecular weight is 488 g/mol. The van der Waals surface area contributed by atoms with Gasteiger partial charge in [0.15, 0.2) is 12.0 Å². The fourth-order valence-electron chi connectivity index (χ4n) is 4.32. The number of ether oxygens (including phenoxy) is 2. The second-order valence-electron chi connectivity index (χ2n) is 8.77. The van der Waals surface area contributed by atoms with E-state index in [4.69, 9.17) is 9.47 Å². The molecule has 1 fully saturated rings. The van der Waals surface area contributed by atoms with Crippen LogP contribution in [-0.4, -0.2) is 53.4 Å². The number of H-pyrrole nitrogens is 1. The summed E-state index contributed by atoms with van der Waals surface area (Å²) in [7, 11) is 1.57. The highest BCUT2D eigenvalue weighted by molar-refractivity contribution is 5.98. The van der Waals surface area contributed by atoms with Crippen LogP contribution in [0, 0.1) is 11.8 Å². The van der Waals surface area contributed by atoms with Crippen LogP contribution in [0.2, 0.25) is 0 Å². The number of aromatic amines is 1. The molecule has 186 valence electrons. The van der Waals surface area contributed by atoms with E-state index in [0.29, 0.717) is 37.2 Å². The van der Waals surface area contributed by atoms with Gasteiger partial charge in [0.05, 0.1) is 18.4 Å². The Hall–Kier alpha value is -3.40. The summed E-state index contributed by atoms with van der Waals surface area (Å²) < 4.78 is 38.8. The number of allylic oxidation sites excluding steroid dienone is 1. The maximum atomic E-state index is 14.5. The third-order valence-electron chi connectivity index (χ3n) is 6.51. The number of benzene rings is 1. The molecule has 2 aromatic rings. The highest BCUT2D eigenvalue weighted by Crippen LogP contribution is 2.37. The molecule has 1 aliphatic carbocycles. The zero-order valence-electron chi connectivity index (χ0n) is 19.6. The first-order valence-corrected chi connectivity index (χ1v) is 11.5. The molecule has 1 N–H and O–H groups in total. The fraction of sp³-hybridized carbons (Fsp3) is 0.440. The number of aromatic nitrogens is 2. The summed E-state index contributed by atoms with van der Waals surface area (Å²) >= 11 is 0. The van der Waals surface area contributed by atoms with Crippen molar-refractivity contribution in [2.45, 2.75) is 32.5 Å². The van der Waals surface area contributed by atoms with Crippen molar-refractivity contribution < 1.29 is 27.8 Å². The van der Waals surface area contributed by atoms with E-state index in [9.17, 15) is 23.2 Å². The minimum absolute atomic E-state index is 0.0497. The molecule has 0 saturated carbocycles.